The van der Waals surface area contributed by atoms with Crippen LogP contribution in [0, 0.1) is 6.92 Å². The highest BCUT2D eigenvalue weighted by Crippen LogP contribution is 2.37. The van der Waals surface area contributed by atoms with Gasteiger partial charge in [-0.3, -0.25) is 4.90 Å². The van der Waals surface area contributed by atoms with Crippen molar-refractivity contribution in [2.24, 2.45) is 0 Å². The van der Waals surface area contributed by atoms with E-state index in [0.29, 0.717) is 12.5 Å². The van der Waals surface area contributed by atoms with Crippen LogP contribution < -0.4 is 5.32 Å². The Morgan fingerprint density at radius 2 is 2.07 bits per heavy atom. The average Bonchev–Trinajstić information content (AvgIpc) is 3.00. The van der Waals surface area contributed by atoms with Crippen molar-refractivity contribution in [3.63, 3.8) is 0 Å². The lowest BCUT2D eigenvalue weighted by Crippen LogP contribution is -2.48. The number of aromatic nitrogens is 2. The van der Waals surface area contributed by atoms with Gasteiger partial charge in [-0.25, -0.2) is 9.48 Å². The normalized spacial score (nSPS) is 18.7. The summed E-state index contributed by atoms with van der Waals surface area (Å²) in [7, 11) is 0. The second kappa shape index (κ2) is 7.17. The van der Waals surface area contributed by atoms with Crippen molar-refractivity contribution < 1.29 is 9.53 Å². The van der Waals surface area contributed by atoms with Crippen LogP contribution in [-0.2, 0) is 17.7 Å². The molecule has 0 spiro atoms. The fourth-order valence-corrected chi connectivity index (χ4v) is 4.36. The minimum absolute atomic E-state index is 0.0265. The first-order chi connectivity index (χ1) is 13.7. The summed E-state index contributed by atoms with van der Waals surface area (Å²) in [6, 6.07) is 6.62. The number of rotatable bonds is 2. The number of ether oxygens (including phenoxy) is 1. The zero-order valence-electron chi connectivity index (χ0n) is 18.4. The molecule has 4 rings (SSSR count). The number of nitrogens with one attached hydrogen (secondary N) is 1. The summed E-state index contributed by atoms with van der Waals surface area (Å²) >= 11 is 0. The third-order valence-corrected chi connectivity index (χ3v) is 5.77. The summed E-state index contributed by atoms with van der Waals surface area (Å²) in [6.07, 6.45) is 0.539. The first-order valence-corrected chi connectivity index (χ1v) is 10.6. The molecule has 0 fully saturated rings. The van der Waals surface area contributed by atoms with Crippen LogP contribution in [0.4, 0.5) is 4.79 Å². The van der Waals surface area contributed by atoms with E-state index in [2.05, 4.69) is 49.0 Å². The van der Waals surface area contributed by atoms with Gasteiger partial charge in [0.25, 0.3) is 0 Å². The van der Waals surface area contributed by atoms with Crippen molar-refractivity contribution in [2.75, 3.05) is 13.1 Å². The Morgan fingerprint density at radius 3 is 2.72 bits per heavy atom. The van der Waals surface area contributed by atoms with Gasteiger partial charge in [-0.1, -0.05) is 26.0 Å². The molecule has 0 bridgehead atoms. The number of hydrogen-bond acceptors (Lipinski definition) is 4. The summed E-state index contributed by atoms with van der Waals surface area (Å²) in [5, 5.41) is 8.39. The van der Waals surface area contributed by atoms with E-state index in [1.165, 1.54) is 22.4 Å². The molecule has 1 aromatic heterocycles. The number of amides is 1. The van der Waals surface area contributed by atoms with E-state index in [0.717, 1.165) is 30.9 Å². The van der Waals surface area contributed by atoms with Crippen molar-refractivity contribution in [2.45, 2.75) is 72.1 Å². The highest BCUT2D eigenvalue weighted by molar-refractivity contribution is 5.70. The lowest BCUT2D eigenvalue weighted by atomic mass is 9.93. The highest BCUT2D eigenvalue weighted by Gasteiger charge is 2.39. The molecule has 0 saturated heterocycles. The smallest absolute Gasteiger partial charge is 0.410 e. The molecule has 6 heteroatoms. The zero-order chi connectivity index (χ0) is 20.9. The SMILES string of the molecule is Cc1cc(C(C)C)ccc1-n1nc2c3c1CCN(C(=O)OC(C)(C)C)C3CNC2. The number of hydrogen-bond donors (Lipinski definition) is 1. The monoisotopic (exact) mass is 396 g/mol. The average molecular weight is 397 g/mol. The van der Waals surface area contributed by atoms with Gasteiger partial charge in [-0.2, -0.15) is 5.10 Å². The first kappa shape index (κ1) is 20.0. The highest BCUT2D eigenvalue weighted by atomic mass is 16.6. The molecule has 0 aliphatic carbocycles. The first-order valence-electron chi connectivity index (χ1n) is 10.6. The van der Waals surface area contributed by atoms with Gasteiger partial charge in [-0.05, 0) is 50.8 Å². The molecular formula is C23H32N4O2. The molecule has 3 heterocycles. The molecular weight excluding hydrogens is 364 g/mol. The number of carbonyl (C=O) groups is 1. The molecule has 0 radical (unpaired) electrons. The summed E-state index contributed by atoms with van der Waals surface area (Å²) in [6.45, 7) is 14.4. The molecule has 6 nitrogen and oxygen atoms in total. The Kier molecular flexibility index (Phi) is 4.93. The van der Waals surface area contributed by atoms with Gasteiger partial charge in [0, 0.05) is 31.6 Å². The molecule has 29 heavy (non-hydrogen) atoms. The van der Waals surface area contributed by atoms with Crippen LogP contribution in [0.25, 0.3) is 5.69 Å². The van der Waals surface area contributed by atoms with E-state index in [1.54, 1.807) is 0 Å². The van der Waals surface area contributed by atoms with E-state index in [1.807, 2.05) is 25.7 Å². The van der Waals surface area contributed by atoms with Crippen LogP contribution in [0.15, 0.2) is 18.2 Å². The summed E-state index contributed by atoms with van der Waals surface area (Å²) in [5.41, 5.74) is 6.67. The van der Waals surface area contributed by atoms with Crippen molar-refractivity contribution in [3.05, 3.63) is 46.3 Å². The Balaban J connectivity index is 1.72. The van der Waals surface area contributed by atoms with Crippen LogP contribution in [0.3, 0.4) is 0 Å². The van der Waals surface area contributed by atoms with Crippen LogP contribution in [0.5, 0.6) is 0 Å². The van der Waals surface area contributed by atoms with Crippen molar-refractivity contribution in [1.82, 2.24) is 20.0 Å². The van der Waals surface area contributed by atoms with E-state index in [-0.39, 0.29) is 12.1 Å². The van der Waals surface area contributed by atoms with Gasteiger partial charge in [0.2, 0.25) is 0 Å². The van der Waals surface area contributed by atoms with Gasteiger partial charge in [0.05, 0.1) is 23.1 Å². The number of nitrogens with zero attached hydrogens (tertiary/aromatic N) is 3. The zero-order valence-corrected chi connectivity index (χ0v) is 18.4. The maximum atomic E-state index is 12.8. The third kappa shape index (κ3) is 3.66. The fraction of sp³-hybridized carbons (Fsp3) is 0.565. The molecule has 2 aliphatic heterocycles. The van der Waals surface area contributed by atoms with E-state index < -0.39 is 5.60 Å². The molecule has 1 unspecified atom stereocenters. The standard InChI is InChI=1S/C23H32N4O2/c1-14(2)16-7-8-18(15(3)11-16)27-19-9-10-26(22(28)29-23(4,5)6)20-13-24-12-17(25-27)21(19)20/h7-8,11,14,20,24H,9-10,12-13H2,1-6H3. The van der Waals surface area contributed by atoms with Crippen LogP contribution in [-0.4, -0.2) is 39.5 Å². The molecule has 156 valence electrons. The van der Waals surface area contributed by atoms with Crippen LogP contribution >= 0.6 is 0 Å². The van der Waals surface area contributed by atoms with Crippen molar-refractivity contribution in [3.8, 4) is 5.69 Å². The third-order valence-electron chi connectivity index (χ3n) is 5.77. The number of carbonyl (C=O) groups excluding carboxylic acids is 1. The van der Waals surface area contributed by atoms with Gasteiger partial charge in [-0.15, -0.1) is 0 Å². The van der Waals surface area contributed by atoms with Crippen LogP contribution in [0.1, 0.15) is 74.7 Å². The summed E-state index contributed by atoms with van der Waals surface area (Å²) in [5.74, 6) is 0.503. The lowest BCUT2D eigenvalue weighted by Gasteiger charge is -2.39. The summed E-state index contributed by atoms with van der Waals surface area (Å²) in [4.78, 5) is 14.7. The Labute approximate surface area is 173 Å². The predicted molar refractivity (Wildman–Crippen MR) is 113 cm³/mol. The minimum atomic E-state index is -0.498. The number of benzene rings is 1. The molecule has 1 N–H and O–H groups in total. The van der Waals surface area contributed by atoms with Gasteiger partial charge < -0.3 is 10.1 Å². The predicted octanol–water partition coefficient (Wildman–Crippen LogP) is 4.24. The molecule has 1 atom stereocenters. The lowest BCUT2D eigenvalue weighted by molar-refractivity contribution is 0.0133. The van der Waals surface area contributed by atoms with Gasteiger partial charge in [0.1, 0.15) is 5.60 Å². The van der Waals surface area contributed by atoms with Gasteiger partial charge in [0.15, 0.2) is 0 Å². The Hall–Kier alpha value is -2.34. The van der Waals surface area contributed by atoms with E-state index >= 15 is 0 Å². The largest absolute Gasteiger partial charge is 0.444 e. The molecule has 2 aromatic rings. The van der Waals surface area contributed by atoms with Gasteiger partial charge >= 0.3 is 6.09 Å². The fourth-order valence-electron chi connectivity index (χ4n) is 4.36. The Bertz CT molecular complexity index is 939. The maximum Gasteiger partial charge on any atom is 0.410 e. The maximum absolute atomic E-state index is 12.8. The molecule has 0 saturated carbocycles. The molecule has 1 aromatic carbocycles. The Morgan fingerprint density at radius 1 is 1.31 bits per heavy atom. The molecule has 2 aliphatic rings. The van der Waals surface area contributed by atoms with E-state index in [4.69, 9.17) is 9.84 Å². The topological polar surface area (TPSA) is 59.4 Å². The second-order valence-electron chi connectivity index (χ2n) is 9.49. The van der Waals surface area contributed by atoms with Crippen molar-refractivity contribution in [1.29, 1.82) is 0 Å². The van der Waals surface area contributed by atoms with E-state index in [9.17, 15) is 4.79 Å². The quantitative estimate of drug-likeness (QED) is 0.825. The van der Waals surface area contributed by atoms with Crippen molar-refractivity contribution >= 4 is 6.09 Å². The second-order valence-corrected chi connectivity index (χ2v) is 9.49. The summed E-state index contributed by atoms with van der Waals surface area (Å²) < 4.78 is 7.77. The van der Waals surface area contributed by atoms with Crippen LogP contribution in [0.2, 0.25) is 0 Å². The number of aryl methyl sites for hydroxylation is 1. The minimum Gasteiger partial charge on any atom is -0.444 e. The molecule has 1 amide bonds.